The van der Waals surface area contributed by atoms with Gasteiger partial charge in [0.15, 0.2) is 0 Å². The van der Waals surface area contributed by atoms with E-state index in [4.69, 9.17) is 0 Å². The Balaban J connectivity index is 1.61. The summed E-state index contributed by atoms with van der Waals surface area (Å²) >= 11 is 1.56. The van der Waals surface area contributed by atoms with Gasteiger partial charge in [-0.25, -0.2) is 9.10 Å². The fourth-order valence-electron chi connectivity index (χ4n) is 5.23. The number of rotatable bonds is 9. The topological polar surface area (TPSA) is 60.4 Å². The SMILES string of the molecule is CCSN(CC)Cc1cc(C(F)(F)F)c2cn(-c3cccc([C@H](c4nncn4C)C4CCC4)c3)c(=O)n2c1. The van der Waals surface area contributed by atoms with Gasteiger partial charge in [-0.1, -0.05) is 44.3 Å². The van der Waals surface area contributed by atoms with E-state index in [2.05, 4.69) is 10.2 Å². The molecular weight excluding hydrogens is 513 g/mol. The molecule has 0 amide bonds. The van der Waals surface area contributed by atoms with E-state index in [1.807, 2.05) is 48.0 Å². The molecule has 3 heterocycles. The molecule has 0 aliphatic heterocycles. The van der Waals surface area contributed by atoms with Crippen molar-refractivity contribution in [3.05, 3.63) is 82.1 Å². The molecule has 1 saturated carbocycles. The quantitative estimate of drug-likeness (QED) is 0.255. The molecule has 0 saturated heterocycles. The molecule has 1 aromatic carbocycles. The molecule has 4 aromatic rings. The summed E-state index contributed by atoms with van der Waals surface area (Å²) in [7, 11) is 1.91. The van der Waals surface area contributed by atoms with Gasteiger partial charge in [0.2, 0.25) is 0 Å². The van der Waals surface area contributed by atoms with Gasteiger partial charge < -0.3 is 4.57 Å². The van der Waals surface area contributed by atoms with Crippen LogP contribution < -0.4 is 5.69 Å². The number of benzene rings is 1. The molecule has 1 aliphatic rings. The monoisotopic (exact) mass is 544 g/mol. The number of nitrogens with zero attached hydrogens (tertiary/aromatic N) is 6. The van der Waals surface area contributed by atoms with Crippen LogP contribution in [0.3, 0.4) is 0 Å². The minimum atomic E-state index is -4.60. The lowest BCUT2D eigenvalue weighted by Gasteiger charge is -2.33. The van der Waals surface area contributed by atoms with Crippen molar-refractivity contribution in [3.63, 3.8) is 0 Å². The zero-order valence-corrected chi connectivity index (χ0v) is 22.5. The van der Waals surface area contributed by atoms with Crippen LogP contribution in [-0.4, -0.2) is 40.3 Å². The fourth-order valence-corrected chi connectivity index (χ4v) is 6.01. The van der Waals surface area contributed by atoms with E-state index in [1.54, 1.807) is 24.3 Å². The lowest BCUT2D eigenvalue weighted by Crippen LogP contribution is -2.24. The summed E-state index contributed by atoms with van der Waals surface area (Å²) in [5, 5.41) is 8.41. The van der Waals surface area contributed by atoms with Crippen LogP contribution in [0.25, 0.3) is 11.2 Å². The first kappa shape index (κ1) is 26.6. The Hall–Kier alpha value is -3.05. The van der Waals surface area contributed by atoms with E-state index >= 15 is 0 Å². The van der Waals surface area contributed by atoms with E-state index in [9.17, 15) is 18.0 Å². The van der Waals surface area contributed by atoms with Crippen molar-refractivity contribution in [1.82, 2.24) is 28.0 Å². The second kappa shape index (κ2) is 10.6. The Bertz CT molecular complexity index is 1490. The largest absolute Gasteiger partial charge is 0.418 e. The number of hydrogen-bond acceptors (Lipinski definition) is 5. The summed E-state index contributed by atoms with van der Waals surface area (Å²) in [6, 6.07) is 8.65. The lowest BCUT2D eigenvalue weighted by molar-refractivity contribution is -0.136. The Morgan fingerprint density at radius 1 is 1.18 bits per heavy atom. The first-order valence-electron chi connectivity index (χ1n) is 12.9. The van der Waals surface area contributed by atoms with Gasteiger partial charge in [-0.2, -0.15) is 13.2 Å². The minimum absolute atomic E-state index is 0.00244. The standard InChI is InChI=1S/C27H31F3N6OS/c1-4-34(38-5-2)14-18-12-22(27(28,29)30)23-16-35(26(37)36(23)15-18)21-11-7-10-20(13-21)24(19-8-6-9-19)25-32-31-17-33(25)3/h7,10-13,15-17,19,24H,4-6,8-9,14H2,1-3H3/t24-/m1/s1. The third-order valence-corrected chi connectivity index (χ3v) is 8.32. The number of aryl methyl sites for hydroxylation is 1. The Morgan fingerprint density at radius 3 is 2.58 bits per heavy atom. The van der Waals surface area contributed by atoms with Gasteiger partial charge >= 0.3 is 11.9 Å². The number of alkyl halides is 3. The van der Waals surface area contributed by atoms with Crippen molar-refractivity contribution in [2.24, 2.45) is 13.0 Å². The smallest absolute Gasteiger partial charge is 0.320 e. The summed E-state index contributed by atoms with van der Waals surface area (Å²) in [6.45, 7) is 4.94. The van der Waals surface area contributed by atoms with Crippen molar-refractivity contribution in [3.8, 4) is 5.69 Å². The summed E-state index contributed by atoms with van der Waals surface area (Å²) in [4.78, 5) is 13.5. The number of imidazole rings is 1. The average molecular weight is 545 g/mol. The molecule has 5 rings (SSSR count). The maximum atomic E-state index is 14.1. The van der Waals surface area contributed by atoms with Gasteiger partial charge in [0, 0.05) is 44.2 Å². The highest BCUT2D eigenvalue weighted by atomic mass is 32.2. The summed E-state index contributed by atoms with van der Waals surface area (Å²) in [5.41, 5.74) is 0.423. The molecule has 1 atom stereocenters. The van der Waals surface area contributed by atoms with Crippen LogP contribution in [0.2, 0.25) is 0 Å². The highest BCUT2D eigenvalue weighted by molar-refractivity contribution is 7.96. The molecule has 0 unspecified atom stereocenters. The molecule has 38 heavy (non-hydrogen) atoms. The Labute approximate surface area is 223 Å². The zero-order valence-electron chi connectivity index (χ0n) is 21.6. The first-order chi connectivity index (χ1) is 18.2. The predicted molar refractivity (Wildman–Crippen MR) is 142 cm³/mol. The highest BCUT2D eigenvalue weighted by Crippen LogP contribution is 2.43. The van der Waals surface area contributed by atoms with Crippen molar-refractivity contribution in [2.75, 3.05) is 12.3 Å². The molecule has 202 valence electrons. The molecule has 1 aliphatic carbocycles. The minimum Gasteiger partial charge on any atom is -0.320 e. The van der Waals surface area contributed by atoms with E-state index in [0.29, 0.717) is 30.3 Å². The summed E-state index contributed by atoms with van der Waals surface area (Å²) in [6.07, 6.45) is 3.19. The van der Waals surface area contributed by atoms with Crippen molar-refractivity contribution in [2.45, 2.75) is 51.7 Å². The number of fused-ring (bicyclic) bond motifs is 1. The van der Waals surface area contributed by atoms with E-state index < -0.39 is 17.4 Å². The van der Waals surface area contributed by atoms with E-state index in [1.165, 1.54) is 17.0 Å². The Morgan fingerprint density at radius 2 is 1.97 bits per heavy atom. The van der Waals surface area contributed by atoms with Crippen LogP contribution in [0.4, 0.5) is 13.2 Å². The molecule has 0 radical (unpaired) electrons. The molecular formula is C27H31F3N6OS. The predicted octanol–water partition coefficient (Wildman–Crippen LogP) is 5.66. The molecule has 3 aromatic heterocycles. The maximum absolute atomic E-state index is 14.1. The summed E-state index contributed by atoms with van der Waals surface area (Å²) in [5.74, 6) is 2.05. The molecule has 7 nitrogen and oxygen atoms in total. The van der Waals surface area contributed by atoms with E-state index in [0.717, 1.165) is 46.9 Å². The van der Waals surface area contributed by atoms with Crippen LogP contribution in [0.1, 0.15) is 61.5 Å². The third-order valence-electron chi connectivity index (χ3n) is 7.31. The first-order valence-corrected chi connectivity index (χ1v) is 13.8. The normalized spacial score (nSPS) is 15.3. The lowest BCUT2D eigenvalue weighted by atomic mass is 9.72. The average Bonchev–Trinajstić information content (AvgIpc) is 3.42. The molecule has 1 fully saturated rings. The van der Waals surface area contributed by atoms with Gasteiger partial charge in [0.1, 0.15) is 12.2 Å². The van der Waals surface area contributed by atoms with Crippen LogP contribution in [0, 0.1) is 5.92 Å². The van der Waals surface area contributed by atoms with Crippen LogP contribution in [0.15, 0.2) is 53.8 Å². The maximum Gasteiger partial charge on any atom is 0.418 e. The van der Waals surface area contributed by atoms with Gasteiger partial charge in [-0.05, 0) is 48.1 Å². The Kier molecular flexibility index (Phi) is 7.41. The van der Waals surface area contributed by atoms with E-state index in [-0.39, 0.29) is 11.4 Å². The highest BCUT2D eigenvalue weighted by Gasteiger charge is 2.35. The van der Waals surface area contributed by atoms with Crippen LogP contribution in [-0.2, 0) is 19.8 Å². The van der Waals surface area contributed by atoms with Gasteiger partial charge in [-0.15, -0.1) is 10.2 Å². The number of halogens is 3. The number of hydrogen-bond donors (Lipinski definition) is 0. The van der Waals surface area contributed by atoms with Crippen molar-refractivity contribution >= 4 is 17.5 Å². The molecule has 0 spiro atoms. The van der Waals surface area contributed by atoms with Crippen LogP contribution >= 0.6 is 11.9 Å². The van der Waals surface area contributed by atoms with Crippen LogP contribution in [0.5, 0.6) is 0 Å². The van der Waals surface area contributed by atoms with Gasteiger partial charge in [0.05, 0.1) is 16.8 Å². The third kappa shape index (κ3) is 5.01. The zero-order chi connectivity index (χ0) is 27.0. The molecule has 11 heteroatoms. The van der Waals surface area contributed by atoms with Crippen molar-refractivity contribution < 1.29 is 13.2 Å². The molecule has 0 N–H and O–H groups in total. The number of aromatic nitrogens is 5. The molecule has 0 bridgehead atoms. The summed E-state index contributed by atoms with van der Waals surface area (Å²) < 4.78 is 48.8. The van der Waals surface area contributed by atoms with Gasteiger partial charge in [0.25, 0.3) is 0 Å². The fraction of sp³-hybridized carbons (Fsp3) is 0.444. The van der Waals surface area contributed by atoms with Gasteiger partial charge in [-0.3, -0.25) is 8.97 Å². The second-order valence-electron chi connectivity index (χ2n) is 9.73. The van der Waals surface area contributed by atoms with Crippen molar-refractivity contribution in [1.29, 1.82) is 0 Å². The number of pyridine rings is 1. The second-order valence-corrected chi connectivity index (χ2v) is 11.1.